The van der Waals surface area contributed by atoms with E-state index in [-0.39, 0.29) is 0 Å². The molecule has 1 N–H and O–H groups in total. The summed E-state index contributed by atoms with van der Waals surface area (Å²) in [5.41, 5.74) is 1.90. The minimum Gasteiger partial charge on any atom is -0.323 e. The molecule has 0 spiro atoms. The van der Waals surface area contributed by atoms with E-state index in [1.54, 1.807) is 0 Å². The molecule has 74 valence electrons. The van der Waals surface area contributed by atoms with E-state index in [1.165, 1.54) is 5.56 Å². The summed E-state index contributed by atoms with van der Waals surface area (Å²) in [6.07, 6.45) is 2.72. The summed E-state index contributed by atoms with van der Waals surface area (Å²) in [6, 6.07) is 9.60. The van der Waals surface area contributed by atoms with Gasteiger partial charge in [-0.15, -0.1) is 6.58 Å². The van der Waals surface area contributed by atoms with Crippen LogP contribution in [0.3, 0.4) is 0 Å². The molecule has 0 aromatic heterocycles. The van der Waals surface area contributed by atoms with Gasteiger partial charge in [-0.05, 0) is 38.2 Å². The van der Waals surface area contributed by atoms with E-state index in [9.17, 15) is 0 Å². The van der Waals surface area contributed by atoms with Gasteiger partial charge >= 0.3 is 0 Å². The van der Waals surface area contributed by atoms with Crippen LogP contribution in [-0.4, -0.2) is 14.1 Å². The van der Waals surface area contributed by atoms with E-state index in [1.807, 2.05) is 44.4 Å². The van der Waals surface area contributed by atoms with Gasteiger partial charge in [-0.3, -0.25) is 0 Å². The van der Waals surface area contributed by atoms with Gasteiger partial charge in [0.05, 0.1) is 11.6 Å². The van der Waals surface area contributed by atoms with Crippen LogP contribution in [0.15, 0.2) is 36.9 Å². The predicted molar refractivity (Wildman–Crippen MR) is 60.0 cm³/mol. The van der Waals surface area contributed by atoms with Crippen molar-refractivity contribution in [2.45, 2.75) is 6.42 Å². The molecule has 0 amide bonds. The van der Waals surface area contributed by atoms with Gasteiger partial charge in [0.2, 0.25) is 0 Å². The average molecular weight is 188 g/mol. The monoisotopic (exact) mass is 188 g/mol. The Morgan fingerprint density at radius 1 is 1.36 bits per heavy atom. The first-order valence-corrected chi connectivity index (χ1v) is 4.47. The van der Waals surface area contributed by atoms with E-state index in [2.05, 4.69) is 18.0 Å². The van der Waals surface area contributed by atoms with Crippen molar-refractivity contribution in [1.29, 1.82) is 5.26 Å². The first kappa shape index (κ1) is 12.4. The standard InChI is InChI=1S/C10H9N.C2H7N/c1-2-3-9-4-6-10(8-11)7-5-9;1-3-2/h2,4-7H,1,3H2;3H,1-2H3. The number of hydrogen-bond acceptors (Lipinski definition) is 2. The highest BCUT2D eigenvalue weighted by atomic mass is 14.7. The fraction of sp³-hybridized carbons (Fsp3) is 0.250. The van der Waals surface area contributed by atoms with Crippen LogP contribution >= 0.6 is 0 Å². The summed E-state index contributed by atoms with van der Waals surface area (Å²) in [6.45, 7) is 3.63. The van der Waals surface area contributed by atoms with Crippen molar-refractivity contribution in [1.82, 2.24) is 5.32 Å². The highest BCUT2D eigenvalue weighted by Crippen LogP contribution is 2.03. The zero-order valence-electron chi connectivity index (χ0n) is 8.75. The zero-order valence-corrected chi connectivity index (χ0v) is 8.75. The van der Waals surface area contributed by atoms with Gasteiger partial charge in [-0.1, -0.05) is 18.2 Å². The molecule has 0 radical (unpaired) electrons. The second-order valence-electron chi connectivity index (χ2n) is 2.80. The van der Waals surface area contributed by atoms with Crippen LogP contribution in [0.1, 0.15) is 11.1 Å². The maximum atomic E-state index is 8.49. The van der Waals surface area contributed by atoms with Crippen molar-refractivity contribution in [2.75, 3.05) is 14.1 Å². The van der Waals surface area contributed by atoms with Crippen LogP contribution in [0, 0.1) is 11.3 Å². The molecule has 0 bridgehead atoms. The molecule has 0 saturated carbocycles. The van der Waals surface area contributed by atoms with Crippen LogP contribution < -0.4 is 5.32 Å². The molecule has 1 aromatic rings. The molecule has 0 aliphatic carbocycles. The molecule has 0 saturated heterocycles. The first-order chi connectivity index (χ1) is 6.78. The maximum absolute atomic E-state index is 8.49. The second-order valence-corrected chi connectivity index (χ2v) is 2.80. The molecule has 0 unspecified atom stereocenters. The molecule has 2 heteroatoms. The molecule has 0 fully saturated rings. The van der Waals surface area contributed by atoms with Gasteiger partial charge in [0.1, 0.15) is 0 Å². The molecule has 0 aliphatic heterocycles. The van der Waals surface area contributed by atoms with Crippen LogP contribution in [0.25, 0.3) is 0 Å². The van der Waals surface area contributed by atoms with Gasteiger partial charge in [0, 0.05) is 0 Å². The van der Waals surface area contributed by atoms with Gasteiger partial charge < -0.3 is 5.32 Å². The normalized spacial score (nSPS) is 8.07. The van der Waals surface area contributed by atoms with Crippen molar-refractivity contribution in [3.63, 3.8) is 0 Å². The Balaban J connectivity index is 0.000000500. The Kier molecular flexibility index (Phi) is 7.12. The lowest BCUT2D eigenvalue weighted by atomic mass is 10.1. The lowest BCUT2D eigenvalue weighted by Gasteiger charge is -1.94. The van der Waals surface area contributed by atoms with E-state index < -0.39 is 0 Å². The molecular formula is C12H16N2. The van der Waals surface area contributed by atoms with Crippen molar-refractivity contribution in [3.05, 3.63) is 48.0 Å². The lowest BCUT2D eigenvalue weighted by molar-refractivity contribution is 1.02. The fourth-order valence-corrected chi connectivity index (χ4v) is 0.882. The number of nitrogens with zero attached hydrogens (tertiary/aromatic N) is 1. The molecule has 0 atom stereocenters. The lowest BCUT2D eigenvalue weighted by Crippen LogP contribution is -1.89. The first-order valence-electron chi connectivity index (χ1n) is 4.47. The SMILES string of the molecule is C=CCc1ccc(C#N)cc1.CNC. The molecule has 0 heterocycles. The van der Waals surface area contributed by atoms with Gasteiger partial charge in [-0.25, -0.2) is 0 Å². The number of hydrogen-bond donors (Lipinski definition) is 1. The summed E-state index contributed by atoms with van der Waals surface area (Å²) >= 11 is 0. The highest BCUT2D eigenvalue weighted by Gasteiger charge is 1.89. The Morgan fingerprint density at radius 2 is 1.86 bits per heavy atom. The zero-order chi connectivity index (χ0) is 10.8. The summed E-state index contributed by atoms with van der Waals surface area (Å²) < 4.78 is 0. The third kappa shape index (κ3) is 5.13. The third-order valence-corrected chi connectivity index (χ3v) is 1.46. The van der Waals surface area contributed by atoms with Crippen LogP contribution in [0.5, 0.6) is 0 Å². The third-order valence-electron chi connectivity index (χ3n) is 1.46. The molecule has 1 rings (SSSR count). The highest BCUT2D eigenvalue weighted by molar-refractivity contribution is 5.32. The summed E-state index contributed by atoms with van der Waals surface area (Å²) in [5.74, 6) is 0. The van der Waals surface area contributed by atoms with Crippen molar-refractivity contribution < 1.29 is 0 Å². The predicted octanol–water partition coefficient (Wildman–Crippen LogP) is 2.12. The van der Waals surface area contributed by atoms with Crippen molar-refractivity contribution >= 4 is 0 Å². The average Bonchev–Trinajstić information content (AvgIpc) is 2.21. The van der Waals surface area contributed by atoms with E-state index in [0.29, 0.717) is 5.56 Å². The van der Waals surface area contributed by atoms with Crippen molar-refractivity contribution in [2.24, 2.45) is 0 Å². The van der Waals surface area contributed by atoms with Crippen LogP contribution in [0.2, 0.25) is 0 Å². The topological polar surface area (TPSA) is 35.8 Å². The Morgan fingerprint density at radius 3 is 2.21 bits per heavy atom. The summed E-state index contributed by atoms with van der Waals surface area (Å²) in [5, 5.41) is 11.2. The second kappa shape index (κ2) is 8.03. The minimum atomic E-state index is 0.706. The van der Waals surface area contributed by atoms with Gasteiger partial charge in [0.25, 0.3) is 0 Å². The maximum Gasteiger partial charge on any atom is 0.0991 e. The van der Waals surface area contributed by atoms with Gasteiger partial charge in [-0.2, -0.15) is 5.26 Å². The molecule has 2 nitrogen and oxygen atoms in total. The van der Waals surface area contributed by atoms with Crippen LogP contribution in [-0.2, 0) is 6.42 Å². The minimum absolute atomic E-state index is 0.706. The van der Waals surface area contributed by atoms with E-state index >= 15 is 0 Å². The molecule has 14 heavy (non-hydrogen) atoms. The largest absolute Gasteiger partial charge is 0.323 e. The Labute approximate surface area is 85.9 Å². The van der Waals surface area contributed by atoms with E-state index in [0.717, 1.165) is 6.42 Å². The van der Waals surface area contributed by atoms with Crippen molar-refractivity contribution in [3.8, 4) is 6.07 Å². The number of rotatable bonds is 2. The molecule has 1 aromatic carbocycles. The number of benzene rings is 1. The smallest absolute Gasteiger partial charge is 0.0991 e. The summed E-state index contributed by atoms with van der Waals surface area (Å²) in [4.78, 5) is 0. The molecule has 0 aliphatic rings. The van der Waals surface area contributed by atoms with Crippen LogP contribution in [0.4, 0.5) is 0 Å². The summed E-state index contributed by atoms with van der Waals surface area (Å²) in [7, 11) is 3.75. The van der Waals surface area contributed by atoms with E-state index in [4.69, 9.17) is 5.26 Å². The number of allylic oxidation sites excluding steroid dienone is 1. The molecular weight excluding hydrogens is 172 g/mol. The Hall–Kier alpha value is -1.59. The van der Waals surface area contributed by atoms with Gasteiger partial charge in [0.15, 0.2) is 0 Å². The Bertz CT molecular complexity index is 293. The number of nitrogens with one attached hydrogen (secondary N) is 1. The quantitative estimate of drug-likeness (QED) is 0.722. The number of nitriles is 1. The fourth-order valence-electron chi connectivity index (χ4n) is 0.882.